The summed E-state index contributed by atoms with van der Waals surface area (Å²) in [5, 5.41) is 10.6. The fraction of sp³-hybridized carbons (Fsp3) is 1.00. The largest absolute Gasteiger partial charge is 0.264 e. The van der Waals surface area contributed by atoms with Gasteiger partial charge in [-0.25, -0.2) is 0 Å². The van der Waals surface area contributed by atoms with Crippen LogP contribution in [0.2, 0.25) is 0 Å². The van der Waals surface area contributed by atoms with Crippen molar-refractivity contribution in [3.8, 4) is 0 Å². The van der Waals surface area contributed by atoms with E-state index in [1.165, 1.54) is 6.42 Å². The smallest absolute Gasteiger partial charge is 0.215 e. The monoisotopic (exact) mass is 171 g/mol. The molecule has 2 atom stereocenters. The van der Waals surface area contributed by atoms with Gasteiger partial charge in [0, 0.05) is 17.3 Å². The summed E-state index contributed by atoms with van der Waals surface area (Å²) in [6, 6.07) is -0.237. The normalized spacial score (nSPS) is 30.1. The van der Waals surface area contributed by atoms with Crippen LogP contribution < -0.4 is 0 Å². The molecular formula is C9H17NO2. The highest BCUT2D eigenvalue weighted by atomic mass is 16.6. The lowest BCUT2D eigenvalue weighted by atomic mass is 9.82. The maximum Gasteiger partial charge on any atom is 0.215 e. The first-order chi connectivity index (χ1) is 5.75. The van der Waals surface area contributed by atoms with Gasteiger partial charge in [0.05, 0.1) is 0 Å². The number of hydrogen-bond acceptors (Lipinski definition) is 2. The molecule has 3 heteroatoms. The van der Waals surface area contributed by atoms with E-state index in [2.05, 4.69) is 6.92 Å². The van der Waals surface area contributed by atoms with E-state index in [-0.39, 0.29) is 11.0 Å². The van der Waals surface area contributed by atoms with Crippen LogP contribution in [0.4, 0.5) is 0 Å². The van der Waals surface area contributed by atoms with Gasteiger partial charge in [-0.3, -0.25) is 10.1 Å². The van der Waals surface area contributed by atoms with Gasteiger partial charge in [0.15, 0.2) is 0 Å². The summed E-state index contributed by atoms with van der Waals surface area (Å²) < 4.78 is 0. The van der Waals surface area contributed by atoms with Gasteiger partial charge < -0.3 is 0 Å². The zero-order valence-electron chi connectivity index (χ0n) is 7.66. The molecule has 0 aliphatic heterocycles. The zero-order valence-corrected chi connectivity index (χ0v) is 7.66. The predicted molar refractivity (Wildman–Crippen MR) is 47.6 cm³/mol. The van der Waals surface area contributed by atoms with Gasteiger partial charge >= 0.3 is 0 Å². The van der Waals surface area contributed by atoms with Crippen LogP contribution in [-0.4, -0.2) is 11.0 Å². The Morgan fingerprint density at radius 2 is 2.08 bits per heavy atom. The van der Waals surface area contributed by atoms with Crippen molar-refractivity contribution in [2.75, 3.05) is 0 Å². The molecular weight excluding hydrogens is 154 g/mol. The number of rotatable bonds is 3. The van der Waals surface area contributed by atoms with E-state index in [4.69, 9.17) is 0 Å². The maximum absolute atomic E-state index is 10.6. The number of nitrogens with zero attached hydrogens (tertiary/aromatic N) is 1. The van der Waals surface area contributed by atoms with Crippen molar-refractivity contribution in [3.63, 3.8) is 0 Å². The van der Waals surface area contributed by atoms with Crippen molar-refractivity contribution in [1.82, 2.24) is 0 Å². The zero-order chi connectivity index (χ0) is 8.97. The lowest BCUT2D eigenvalue weighted by Gasteiger charge is -2.24. The van der Waals surface area contributed by atoms with Crippen LogP contribution in [0.3, 0.4) is 0 Å². The molecule has 0 aromatic rings. The van der Waals surface area contributed by atoms with Crippen LogP contribution in [0.5, 0.6) is 0 Å². The molecule has 0 saturated heterocycles. The summed E-state index contributed by atoms with van der Waals surface area (Å²) >= 11 is 0. The van der Waals surface area contributed by atoms with Gasteiger partial charge in [0.1, 0.15) is 0 Å². The average Bonchev–Trinajstić information content (AvgIpc) is 2.05. The third-order valence-electron chi connectivity index (χ3n) is 2.80. The summed E-state index contributed by atoms with van der Waals surface area (Å²) in [6.45, 7) is 2.10. The van der Waals surface area contributed by atoms with E-state index >= 15 is 0 Å². The number of hydrogen-bond donors (Lipinski definition) is 0. The fourth-order valence-electron chi connectivity index (χ4n) is 2.17. The van der Waals surface area contributed by atoms with E-state index in [0.29, 0.717) is 5.92 Å². The Morgan fingerprint density at radius 1 is 1.42 bits per heavy atom. The van der Waals surface area contributed by atoms with Gasteiger partial charge in [0.2, 0.25) is 6.04 Å². The molecule has 3 nitrogen and oxygen atoms in total. The topological polar surface area (TPSA) is 43.1 Å². The van der Waals surface area contributed by atoms with Crippen LogP contribution >= 0.6 is 0 Å². The number of nitro groups is 1. The van der Waals surface area contributed by atoms with Crippen molar-refractivity contribution in [2.24, 2.45) is 5.92 Å². The lowest BCUT2D eigenvalue weighted by molar-refractivity contribution is -0.536. The van der Waals surface area contributed by atoms with Crippen LogP contribution in [-0.2, 0) is 0 Å². The van der Waals surface area contributed by atoms with Gasteiger partial charge in [-0.05, 0) is 19.3 Å². The van der Waals surface area contributed by atoms with Crippen molar-refractivity contribution < 1.29 is 4.92 Å². The standard InChI is InChI=1S/C9H17NO2/c1-2-5-8-6-3-4-7-9(8)10(11)12/h8-9H,2-7H2,1H3. The summed E-state index contributed by atoms with van der Waals surface area (Å²) in [6.07, 6.45) is 6.22. The molecule has 0 spiro atoms. The third-order valence-corrected chi connectivity index (χ3v) is 2.80. The first-order valence-corrected chi connectivity index (χ1v) is 4.89. The van der Waals surface area contributed by atoms with Crippen LogP contribution in [0.25, 0.3) is 0 Å². The molecule has 0 amide bonds. The molecule has 0 aromatic heterocycles. The van der Waals surface area contributed by atoms with Crippen molar-refractivity contribution >= 4 is 0 Å². The molecule has 1 rings (SSSR count). The Balaban J connectivity index is 2.48. The SMILES string of the molecule is CCCC1CCCCC1[N+](=O)[O-]. The van der Waals surface area contributed by atoms with Crippen molar-refractivity contribution in [2.45, 2.75) is 51.5 Å². The highest BCUT2D eigenvalue weighted by Gasteiger charge is 2.32. The summed E-state index contributed by atoms with van der Waals surface area (Å²) in [5.41, 5.74) is 0. The van der Waals surface area contributed by atoms with E-state index in [9.17, 15) is 10.1 Å². The Labute approximate surface area is 73.3 Å². The van der Waals surface area contributed by atoms with Crippen LogP contribution in [0.1, 0.15) is 45.4 Å². The molecule has 2 unspecified atom stereocenters. The molecule has 1 saturated carbocycles. The minimum absolute atomic E-state index is 0.0700. The summed E-state index contributed by atoms with van der Waals surface area (Å²) in [7, 11) is 0. The molecule has 1 aliphatic rings. The van der Waals surface area contributed by atoms with Crippen molar-refractivity contribution in [1.29, 1.82) is 0 Å². The quantitative estimate of drug-likeness (QED) is 0.484. The summed E-state index contributed by atoms with van der Waals surface area (Å²) in [5.74, 6) is 0.360. The van der Waals surface area contributed by atoms with Gasteiger partial charge in [-0.1, -0.05) is 19.8 Å². The molecule has 0 heterocycles. The Kier molecular flexibility index (Phi) is 3.50. The second kappa shape index (κ2) is 4.43. The van der Waals surface area contributed by atoms with Crippen LogP contribution in [0, 0.1) is 16.0 Å². The molecule has 1 aliphatic carbocycles. The lowest BCUT2D eigenvalue weighted by Crippen LogP contribution is -2.31. The molecule has 0 radical (unpaired) electrons. The summed E-state index contributed by atoms with van der Waals surface area (Å²) in [4.78, 5) is 10.6. The minimum Gasteiger partial charge on any atom is -0.264 e. The molecule has 0 bridgehead atoms. The van der Waals surface area contributed by atoms with Gasteiger partial charge in [-0.15, -0.1) is 0 Å². The molecule has 12 heavy (non-hydrogen) atoms. The average molecular weight is 171 g/mol. The highest BCUT2D eigenvalue weighted by molar-refractivity contribution is 4.74. The molecule has 0 N–H and O–H groups in total. The van der Waals surface area contributed by atoms with Gasteiger partial charge in [0.25, 0.3) is 0 Å². The molecule has 0 aromatic carbocycles. The third kappa shape index (κ3) is 2.19. The Morgan fingerprint density at radius 3 is 2.67 bits per heavy atom. The maximum atomic E-state index is 10.6. The Hall–Kier alpha value is -0.600. The van der Waals surface area contributed by atoms with E-state index in [1.807, 2.05) is 0 Å². The van der Waals surface area contributed by atoms with E-state index in [1.54, 1.807) is 0 Å². The first kappa shape index (κ1) is 9.49. The van der Waals surface area contributed by atoms with E-state index in [0.717, 1.165) is 32.1 Å². The Bertz CT molecular complexity index is 157. The second-order valence-corrected chi connectivity index (χ2v) is 3.69. The van der Waals surface area contributed by atoms with Crippen LogP contribution in [0.15, 0.2) is 0 Å². The minimum atomic E-state index is -0.237. The van der Waals surface area contributed by atoms with Gasteiger partial charge in [-0.2, -0.15) is 0 Å². The highest BCUT2D eigenvalue weighted by Crippen LogP contribution is 2.29. The van der Waals surface area contributed by atoms with E-state index < -0.39 is 0 Å². The predicted octanol–water partition coefficient (Wildman–Crippen LogP) is 2.62. The fourth-order valence-corrected chi connectivity index (χ4v) is 2.17. The first-order valence-electron chi connectivity index (χ1n) is 4.89. The van der Waals surface area contributed by atoms with Crippen molar-refractivity contribution in [3.05, 3.63) is 10.1 Å². The second-order valence-electron chi connectivity index (χ2n) is 3.69. The molecule has 1 fully saturated rings. The molecule has 70 valence electrons.